The summed E-state index contributed by atoms with van der Waals surface area (Å²) in [6, 6.07) is 4.07. The monoisotopic (exact) mass is 267 g/mol. The lowest BCUT2D eigenvalue weighted by Gasteiger charge is -2.06. The second kappa shape index (κ2) is 4.38. The molecule has 0 unspecified atom stereocenters. The first kappa shape index (κ1) is 12.2. The summed E-state index contributed by atoms with van der Waals surface area (Å²) in [7, 11) is 3.46. The number of hydrogen-bond acceptors (Lipinski definition) is 4. The van der Waals surface area contributed by atoms with E-state index in [1.54, 1.807) is 22.5 Å². The van der Waals surface area contributed by atoms with Crippen molar-refractivity contribution < 1.29 is 4.74 Å². The van der Waals surface area contributed by atoms with Crippen molar-refractivity contribution in [3.05, 3.63) is 35.9 Å². The summed E-state index contributed by atoms with van der Waals surface area (Å²) in [6.45, 7) is 1.81. The zero-order valence-corrected chi connectivity index (χ0v) is 11.5. The van der Waals surface area contributed by atoms with Crippen LogP contribution in [0, 0.1) is 18.3 Å². The fourth-order valence-corrected chi connectivity index (χ4v) is 2.27. The Morgan fingerprint density at radius 1 is 1.30 bits per heavy atom. The number of hydrogen-bond donors (Lipinski definition) is 0. The Kier molecular flexibility index (Phi) is 2.68. The Morgan fingerprint density at radius 3 is 2.70 bits per heavy atom. The van der Waals surface area contributed by atoms with Crippen LogP contribution in [0.3, 0.4) is 0 Å². The van der Waals surface area contributed by atoms with Gasteiger partial charge in [0.1, 0.15) is 22.9 Å². The summed E-state index contributed by atoms with van der Waals surface area (Å²) in [5, 5.41) is 17.8. The van der Waals surface area contributed by atoms with E-state index in [1.165, 1.54) is 0 Å². The van der Waals surface area contributed by atoms with Crippen LogP contribution < -0.4 is 4.74 Å². The minimum atomic E-state index is 0.541. The molecule has 6 heteroatoms. The second-order valence-electron chi connectivity index (χ2n) is 4.57. The average molecular weight is 267 g/mol. The molecule has 0 aliphatic heterocycles. The molecule has 100 valence electrons. The maximum atomic E-state index is 9.24. The predicted octanol–water partition coefficient (Wildman–Crippen LogP) is 1.92. The number of rotatable bonds is 2. The van der Waals surface area contributed by atoms with Gasteiger partial charge in [0.25, 0.3) is 0 Å². The van der Waals surface area contributed by atoms with Crippen molar-refractivity contribution in [3.63, 3.8) is 0 Å². The summed E-state index contributed by atoms with van der Waals surface area (Å²) < 4.78 is 8.84. The van der Waals surface area contributed by atoms with Gasteiger partial charge in [0.15, 0.2) is 0 Å². The summed E-state index contributed by atoms with van der Waals surface area (Å²) in [4.78, 5) is 0. The van der Waals surface area contributed by atoms with Crippen LogP contribution in [-0.2, 0) is 7.05 Å². The van der Waals surface area contributed by atoms with Crippen molar-refractivity contribution in [3.8, 4) is 22.9 Å². The molecule has 3 rings (SSSR count). The van der Waals surface area contributed by atoms with E-state index < -0.39 is 0 Å². The first-order chi connectivity index (χ1) is 9.63. The van der Waals surface area contributed by atoms with E-state index in [-0.39, 0.29) is 0 Å². The summed E-state index contributed by atoms with van der Waals surface area (Å²) >= 11 is 0. The van der Waals surface area contributed by atoms with Gasteiger partial charge in [0, 0.05) is 30.6 Å². The number of fused-ring (bicyclic) bond motifs is 1. The zero-order valence-electron chi connectivity index (χ0n) is 11.5. The number of ether oxygens (including phenoxy) is 1. The van der Waals surface area contributed by atoms with E-state index in [2.05, 4.69) is 16.3 Å². The third-order valence-corrected chi connectivity index (χ3v) is 3.24. The fraction of sp³-hybridized carbons (Fsp3) is 0.214. The van der Waals surface area contributed by atoms with Gasteiger partial charge in [-0.05, 0) is 13.0 Å². The lowest BCUT2D eigenvalue weighted by Crippen LogP contribution is -1.94. The number of methoxy groups -OCH3 is 1. The molecule has 0 amide bonds. The third kappa shape index (κ3) is 1.72. The number of nitriles is 1. The quantitative estimate of drug-likeness (QED) is 0.711. The Hall–Kier alpha value is -2.81. The minimum Gasteiger partial charge on any atom is -0.494 e. The van der Waals surface area contributed by atoms with E-state index >= 15 is 0 Å². The number of pyridine rings is 1. The maximum absolute atomic E-state index is 9.24. The smallest absolute Gasteiger partial charge is 0.146 e. The number of aromatic nitrogens is 4. The molecule has 3 aromatic heterocycles. The van der Waals surface area contributed by atoms with E-state index in [9.17, 15) is 5.26 Å². The topological polar surface area (TPSA) is 68.1 Å². The predicted molar refractivity (Wildman–Crippen MR) is 73.4 cm³/mol. The molecule has 0 atom stereocenters. The van der Waals surface area contributed by atoms with Gasteiger partial charge in [-0.1, -0.05) is 0 Å². The van der Waals surface area contributed by atoms with Gasteiger partial charge in [-0.3, -0.25) is 4.68 Å². The third-order valence-electron chi connectivity index (χ3n) is 3.24. The van der Waals surface area contributed by atoms with Crippen LogP contribution in [0.1, 0.15) is 11.3 Å². The molecule has 0 aliphatic carbocycles. The van der Waals surface area contributed by atoms with Crippen molar-refractivity contribution >= 4 is 5.52 Å². The highest BCUT2D eigenvalue weighted by atomic mass is 16.5. The van der Waals surface area contributed by atoms with Crippen molar-refractivity contribution in [2.24, 2.45) is 7.05 Å². The summed E-state index contributed by atoms with van der Waals surface area (Å²) in [5.41, 5.74) is 3.84. The highest BCUT2D eigenvalue weighted by molar-refractivity contribution is 5.76. The van der Waals surface area contributed by atoms with Crippen LogP contribution in [0.15, 0.2) is 24.7 Å². The van der Waals surface area contributed by atoms with Crippen LogP contribution >= 0.6 is 0 Å². The molecular formula is C14H13N5O. The lowest BCUT2D eigenvalue weighted by molar-refractivity contribution is 0.417. The Bertz CT molecular complexity index is 837. The first-order valence-corrected chi connectivity index (χ1v) is 6.10. The van der Waals surface area contributed by atoms with Gasteiger partial charge in [-0.15, -0.1) is 0 Å². The normalized spacial score (nSPS) is 10.7. The van der Waals surface area contributed by atoms with Gasteiger partial charge < -0.3 is 4.74 Å². The molecule has 0 bridgehead atoms. The standard InChI is InChI=1S/C14H13N5O/c1-9-12(5-15)14-13(20-3)4-10(8-19(14)17-9)11-6-16-18(2)7-11/h4,6-8H,1-3H3. The fourth-order valence-electron chi connectivity index (χ4n) is 2.27. The Morgan fingerprint density at radius 2 is 2.10 bits per heavy atom. The molecule has 20 heavy (non-hydrogen) atoms. The molecule has 0 aliphatic rings. The minimum absolute atomic E-state index is 0.541. The van der Waals surface area contributed by atoms with Crippen LogP contribution in [0.5, 0.6) is 5.75 Å². The lowest BCUT2D eigenvalue weighted by atomic mass is 10.1. The van der Waals surface area contributed by atoms with Crippen LogP contribution in [0.2, 0.25) is 0 Å². The summed E-state index contributed by atoms with van der Waals surface area (Å²) in [5.74, 6) is 0.628. The van der Waals surface area contributed by atoms with Crippen LogP contribution in [0.25, 0.3) is 16.6 Å². The second-order valence-corrected chi connectivity index (χ2v) is 4.57. The molecule has 0 saturated heterocycles. The van der Waals surface area contributed by atoms with E-state index in [0.29, 0.717) is 22.5 Å². The molecule has 0 N–H and O–H groups in total. The van der Waals surface area contributed by atoms with Crippen LogP contribution in [-0.4, -0.2) is 26.5 Å². The molecule has 0 saturated carbocycles. The highest BCUT2D eigenvalue weighted by Crippen LogP contribution is 2.30. The molecule has 0 aromatic carbocycles. The van der Waals surface area contributed by atoms with Crippen LogP contribution in [0.4, 0.5) is 0 Å². The largest absolute Gasteiger partial charge is 0.494 e. The number of nitrogens with zero attached hydrogens (tertiary/aromatic N) is 5. The molecular weight excluding hydrogens is 254 g/mol. The van der Waals surface area contributed by atoms with Gasteiger partial charge in [-0.25, -0.2) is 4.52 Å². The van der Waals surface area contributed by atoms with Gasteiger partial charge in [0.2, 0.25) is 0 Å². The Labute approximate surface area is 115 Å². The van der Waals surface area contributed by atoms with E-state index in [4.69, 9.17) is 4.74 Å². The maximum Gasteiger partial charge on any atom is 0.146 e. The van der Waals surface area contributed by atoms with Gasteiger partial charge in [0.05, 0.1) is 19.0 Å². The summed E-state index contributed by atoms with van der Waals surface area (Å²) in [6.07, 6.45) is 5.58. The van der Waals surface area contributed by atoms with E-state index in [0.717, 1.165) is 11.1 Å². The van der Waals surface area contributed by atoms with Crippen molar-refractivity contribution in [1.29, 1.82) is 5.26 Å². The Balaban J connectivity index is 2.31. The van der Waals surface area contributed by atoms with E-state index in [1.807, 2.05) is 32.4 Å². The van der Waals surface area contributed by atoms with Crippen molar-refractivity contribution in [2.75, 3.05) is 7.11 Å². The SMILES string of the molecule is COc1cc(-c2cnn(C)c2)cn2nc(C)c(C#N)c12. The van der Waals surface area contributed by atoms with Gasteiger partial charge in [-0.2, -0.15) is 15.5 Å². The van der Waals surface area contributed by atoms with Gasteiger partial charge >= 0.3 is 0 Å². The molecule has 0 spiro atoms. The van der Waals surface area contributed by atoms with Crippen molar-refractivity contribution in [1.82, 2.24) is 19.4 Å². The molecule has 0 radical (unpaired) electrons. The molecule has 0 fully saturated rings. The van der Waals surface area contributed by atoms with Crippen molar-refractivity contribution in [2.45, 2.75) is 6.92 Å². The zero-order chi connectivity index (χ0) is 14.3. The molecule has 6 nitrogen and oxygen atoms in total. The average Bonchev–Trinajstić information content (AvgIpc) is 3.00. The molecule has 3 aromatic rings. The number of aryl methyl sites for hydroxylation is 2. The highest BCUT2D eigenvalue weighted by Gasteiger charge is 2.15. The molecule has 3 heterocycles. The first-order valence-electron chi connectivity index (χ1n) is 6.10.